The van der Waals surface area contributed by atoms with Gasteiger partial charge in [0, 0.05) is 23.3 Å². The van der Waals surface area contributed by atoms with Gasteiger partial charge in [0.2, 0.25) is 0 Å². The molecule has 0 aliphatic heterocycles. The smallest absolute Gasteiger partial charge is 0.273 e. The summed E-state index contributed by atoms with van der Waals surface area (Å²) in [5, 5.41) is 27.2. The first-order valence-corrected chi connectivity index (χ1v) is 11.8. The number of hydrogen-bond donors (Lipinski definition) is 2. The molecule has 0 aromatic heterocycles. The van der Waals surface area contributed by atoms with Crippen LogP contribution in [0.15, 0.2) is 84.9 Å². The Bertz CT molecular complexity index is 1500. The fraction of sp³-hybridized carbons (Fsp3) is 0.0714. The Morgan fingerprint density at radius 3 is 1.29 bits per heavy atom. The third-order valence-electron chi connectivity index (χ3n) is 5.76. The van der Waals surface area contributed by atoms with Crippen LogP contribution in [0, 0.1) is 20.2 Å². The first-order chi connectivity index (χ1) is 19.7. The largest absolute Gasteiger partial charge is 0.494 e. The Morgan fingerprint density at radius 2 is 0.976 bits per heavy atom. The van der Waals surface area contributed by atoms with Crippen molar-refractivity contribution in [3.05, 3.63) is 116 Å². The van der Waals surface area contributed by atoms with E-state index in [1.807, 2.05) is 0 Å². The molecule has 13 heteroatoms. The lowest BCUT2D eigenvalue weighted by atomic mass is 10.1. The zero-order chi connectivity index (χ0) is 29.5. The van der Waals surface area contributed by atoms with Crippen LogP contribution in [0.2, 0.25) is 0 Å². The zero-order valence-corrected chi connectivity index (χ0v) is 21.7. The summed E-state index contributed by atoms with van der Waals surface area (Å²) in [6, 6.07) is 20.2. The zero-order valence-electron chi connectivity index (χ0n) is 21.7. The van der Waals surface area contributed by atoms with Crippen LogP contribution in [-0.2, 0) is 0 Å². The predicted octanol–water partition coefficient (Wildman–Crippen LogP) is 5.82. The molecule has 4 aromatic rings. The van der Waals surface area contributed by atoms with Gasteiger partial charge in [0.05, 0.1) is 47.6 Å². The molecule has 0 bridgehead atoms. The van der Waals surface area contributed by atoms with Crippen molar-refractivity contribution < 1.29 is 33.6 Å². The van der Waals surface area contributed by atoms with E-state index in [4.69, 9.17) is 14.2 Å². The summed E-state index contributed by atoms with van der Waals surface area (Å²) in [6.45, 7) is 0. The Morgan fingerprint density at radius 1 is 0.610 bits per heavy atom. The van der Waals surface area contributed by atoms with Crippen LogP contribution < -0.4 is 24.8 Å². The normalized spacial score (nSPS) is 10.3. The minimum Gasteiger partial charge on any atom is -0.494 e. The molecule has 0 spiro atoms. The van der Waals surface area contributed by atoms with Crippen molar-refractivity contribution in [3.63, 3.8) is 0 Å². The highest BCUT2D eigenvalue weighted by atomic mass is 16.6. The number of non-ortho nitro benzene ring substituents is 2. The number of ether oxygens (including phenoxy) is 3. The summed E-state index contributed by atoms with van der Waals surface area (Å²) < 4.78 is 16.1. The van der Waals surface area contributed by atoms with E-state index in [9.17, 15) is 29.8 Å². The minimum atomic E-state index is -0.561. The number of nitro benzene ring substituents is 2. The maximum absolute atomic E-state index is 12.7. The maximum Gasteiger partial charge on any atom is 0.273 e. The molecule has 4 aromatic carbocycles. The second-order valence-corrected chi connectivity index (χ2v) is 8.34. The van der Waals surface area contributed by atoms with E-state index >= 15 is 0 Å². The molecule has 2 N–H and O–H groups in total. The minimum absolute atomic E-state index is 0.150. The summed E-state index contributed by atoms with van der Waals surface area (Å²) in [5.74, 6) is 0.255. The van der Waals surface area contributed by atoms with Crippen molar-refractivity contribution in [2.75, 3.05) is 24.9 Å². The van der Waals surface area contributed by atoms with E-state index in [2.05, 4.69) is 10.6 Å². The first kappa shape index (κ1) is 28.0. The number of methoxy groups -OCH3 is 2. The third kappa shape index (κ3) is 6.72. The van der Waals surface area contributed by atoms with Crippen molar-refractivity contribution in [1.82, 2.24) is 0 Å². The molecule has 0 unspecified atom stereocenters. The van der Waals surface area contributed by atoms with Crippen LogP contribution >= 0.6 is 0 Å². The first-order valence-electron chi connectivity index (χ1n) is 11.8. The molecule has 4 rings (SSSR count). The molecule has 208 valence electrons. The number of nitrogens with zero attached hydrogens (tertiary/aromatic N) is 2. The number of rotatable bonds is 10. The van der Waals surface area contributed by atoms with Crippen molar-refractivity contribution in [2.24, 2.45) is 0 Å². The monoisotopic (exact) mass is 558 g/mol. The molecular formula is C28H22N4O9. The van der Waals surface area contributed by atoms with E-state index in [0.29, 0.717) is 22.6 Å². The Balaban J connectivity index is 1.38. The van der Waals surface area contributed by atoms with Crippen LogP contribution in [-0.4, -0.2) is 35.9 Å². The molecule has 0 atom stereocenters. The highest BCUT2D eigenvalue weighted by Crippen LogP contribution is 2.31. The van der Waals surface area contributed by atoms with Gasteiger partial charge in [-0.2, -0.15) is 0 Å². The van der Waals surface area contributed by atoms with Gasteiger partial charge in [0.15, 0.2) is 0 Å². The van der Waals surface area contributed by atoms with Gasteiger partial charge in [-0.05, 0) is 60.7 Å². The van der Waals surface area contributed by atoms with Gasteiger partial charge in [-0.3, -0.25) is 29.8 Å². The predicted molar refractivity (Wildman–Crippen MR) is 148 cm³/mol. The summed E-state index contributed by atoms with van der Waals surface area (Å²) >= 11 is 0. The number of nitrogens with one attached hydrogen (secondary N) is 2. The second kappa shape index (κ2) is 12.3. The maximum atomic E-state index is 12.7. The molecule has 13 nitrogen and oxygen atoms in total. The van der Waals surface area contributed by atoms with Crippen molar-refractivity contribution in [2.45, 2.75) is 0 Å². The number of nitro groups is 2. The van der Waals surface area contributed by atoms with Gasteiger partial charge >= 0.3 is 0 Å². The molecule has 0 saturated heterocycles. The molecule has 0 aliphatic rings. The van der Waals surface area contributed by atoms with Crippen LogP contribution in [0.3, 0.4) is 0 Å². The van der Waals surface area contributed by atoms with Gasteiger partial charge < -0.3 is 24.8 Å². The summed E-state index contributed by atoms with van der Waals surface area (Å²) in [5.41, 5.74) is 0.844. The van der Waals surface area contributed by atoms with Crippen LogP contribution in [0.4, 0.5) is 22.7 Å². The SMILES string of the molecule is COc1cc([N+](=O)[O-])ccc1NC(=O)c1ccc(Oc2ccc(C(=O)Nc3ccc([N+](=O)[O-])cc3OC)cc2)cc1. The summed E-state index contributed by atoms with van der Waals surface area (Å²) in [4.78, 5) is 46.1. The van der Waals surface area contributed by atoms with Crippen LogP contribution in [0.1, 0.15) is 20.7 Å². The van der Waals surface area contributed by atoms with E-state index in [0.717, 1.165) is 0 Å². The van der Waals surface area contributed by atoms with Gasteiger partial charge in [-0.25, -0.2) is 0 Å². The molecule has 0 saturated carbocycles. The number of amides is 2. The lowest BCUT2D eigenvalue weighted by Gasteiger charge is -2.11. The van der Waals surface area contributed by atoms with E-state index in [-0.39, 0.29) is 34.2 Å². The van der Waals surface area contributed by atoms with Gasteiger partial charge in [0.1, 0.15) is 23.0 Å². The average molecular weight is 559 g/mol. The summed E-state index contributed by atoms with van der Waals surface area (Å²) in [7, 11) is 2.69. The van der Waals surface area contributed by atoms with Crippen molar-refractivity contribution in [1.29, 1.82) is 0 Å². The molecule has 0 fully saturated rings. The van der Waals surface area contributed by atoms with Crippen molar-refractivity contribution in [3.8, 4) is 23.0 Å². The van der Waals surface area contributed by atoms with Gasteiger partial charge in [-0.1, -0.05) is 0 Å². The second-order valence-electron chi connectivity index (χ2n) is 8.34. The fourth-order valence-corrected chi connectivity index (χ4v) is 3.67. The van der Waals surface area contributed by atoms with E-state index in [1.54, 1.807) is 48.5 Å². The number of anilines is 2. The quantitative estimate of drug-likeness (QED) is 0.180. The standard InChI is InChI=1S/C28H22N4O9/c1-39-25-15-19(31(35)36)7-13-23(25)29-27(33)17-3-9-21(10-4-17)41-22-11-5-18(6-12-22)28(34)30-24-14-8-20(32(37)38)16-26(24)40-2/h3-16H,1-2H3,(H,29,33)(H,30,34). The van der Waals surface area contributed by atoms with E-state index in [1.165, 1.54) is 50.6 Å². The van der Waals surface area contributed by atoms with Crippen LogP contribution in [0.25, 0.3) is 0 Å². The Hall–Kier alpha value is -5.98. The highest BCUT2D eigenvalue weighted by Gasteiger charge is 2.16. The average Bonchev–Trinajstić information content (AvgIpc) is 2.98. The van der Waals surface area contributed by atoms with Gasteiger partial charge in [0.25, 0.3) is 23.2 Å². The molecule has 0 radical (unpaired) electrons. The third-order valence-corrected chi connectivity index (χ3v) is 5.76. The molecule has 0 heterocycles. The lowest BCUT2D eigenvalue weighted by molar-refractivity contribution is -0.385. The number of carbonyl (C=O) groups is 2. The van der Waals surface area contributed by atoms with Crippen LogP contribution in [0.5, 0.6) is 23.0 Å². The fourth-order valence-electron chi connectivity index (χ4n) is 3.67. The van der Waals surface area contributed by atoms with Gasteiger partial charge in [-0.15, -0.1) is 0 Å². The summed E-state index contributed by atoms with van der Waals surface area (Å²) in [6.07, 6.45) is 0. The number of benzene rings is 4. The lowest BCUT2D eigenvalue weighted by Crippen LogP contribution is -2.12. The number of hydrogen-bond acceptors (Lipinski definition) is 9. The molecule has 2 amide bonds. The topological polar surface area (TPSA) is 172 Å². The molecular weight excluding hydrogens is 536 g/mol. The molecule has 41 heavy (non-hydrogen) atoms. The highest BCUT2D eigenvalue weighted by molar-refractivity contribution is 6.06. The Kier molecular flexibility index (Phi) is 8.38. The Labute approximate surface area is 232 Å². The van der Waals surface area contributed by atoms with E-state index < -0.39 is 21.7 Å². The molecule has 0 aliphatic carbocycles. The van der Waals surface area contributed by atoms with Crippen molar-refractivity contribution >= 4 is 34.6 Å². The number of carbonyl (C=O) groups excluding carboxylic acids is 2.